The van der Waals surface area contributed by atoms with Crippen LogP contribution in [0, 0.1) is 0 Å². The number of carbonyl (C=O) groups excluding carboxylic acids is 1. The molecule has 0 heterocycles. The molecular formula is C14H11BrClNO2. The minimum atomic E-state index is -0.150. The topological polar surface area (TPSA) is 40.5 Å². The Balaban J connectivity index is 2.28. The predicted molar refractivity (Wildman–Crippen MR) is 80.0 cm³/mol. The van der Waals surface area contributed by atoms with E-state index in [2.05, 4.69) is 15.9 Å². The molecule has 0 aliphatic rings. The van der Waals surface area contributed by atoms with Crippen molar-refractivity contribution in [1.82, 2.24) is 0 Å². The maximum Gasteiger partial charge on any atom is 0.258 e. The molecule has 2 aromatic carbocycles. The lowest BCUT2D eigenvalue weighted by atomic mass is 10.2. The molecule has 1 N–H and O–H groups in total. The summed E-state index contributed by atoms with van der Waals surface area (Å²) in [7, 11) is 1.68. The van der Waals surface area contributed by atoms with Gasteiger partial charge in [-0.3, -0.25) is 4.79 Å². The third kappa shape index (κ3) is 3.08. The lowest BCUT2D eigenvalue weighted by molar-refractivity contribution is 0.0993. The fraction of sp³-hybridized carbons (Fsp3) is 0.0714. The summed E-state index contributed by atoms with van der Waals surface area (Å²) in [4.78, 5) is 13.8. The highest BCUT2D eigenvalue weighted by Gasteiger charge is 2.14. The molecule has 2 aromatic rings. The van der Waals surface area contributed by atoms with E-state index >= 15 is 0 Å². The van der Waals surface area contributed by atoms with Crippen LogP contribution in [0.2, 0.25) is 5.02 Å². The Bertz CT molecular complexity index is 613. The van der Waals surface area contributed by atoms with Crippen LogP contribution in [0.5, 0.6) is 5.75 Å². The quantitative estimate of drug-likeness (QED) is 0.894. The van der Waals surface area contributed by atoms with Crippen molar-refractivity contribution in [1.29, 1.82) is 0 Å². The number of phenols is 1. The van der Waals surface area contributed by atoms with E-state index in [1.54, 1.807) is 37.4 Å². The number of nitrogens with zero attached hydrogens (tertiary/aromatic N) is 1. The number of halogens is 2. The van der Waals surface area contributed by atoms with E-state index in [1.165, 1.54) is 17.0 Å². The number of hydrogen-bond donors (Lipinski definition) is 1. The first kappa shape index (κ1) is 13.9. The van der Waals surface area contributed by atoms with Crippen molar-refractivity contribution >= 4 is 39.1 Å². The molecule has 3 nitrogen and oxygen atoms in total. The maximum absolute atomic E-state index is 12.3. The zero-order valence-electron chi connectivity index (χ0n) is 10.1. The average molecular weight is 341 g/mol. The van der Waals surface area contributed by atoms with Gasteiger partial charge in [0.25, 0.3) is 5.91 Å². The van der Waals surface area contributed by atoms with Crippen molar-refractivity contribution in [3.8, 4) is 5.75 Å². The SMILES string of the molecule is CN(C(=O)c1ccc(Cl)c(Br)c1)c1ccc(O)cc1. The molecule has 0 saturated heterocycles. The lowest BCUT2D eigenvalue weighted by Crippen LogP contribution is -2.26. The Labute approximate surface area is 124 Å². The molecule has 19 heavy (non-hydrogen) atoms. The van der Waals surface area contributed by atoms with Crippen LogP contribution in [-0.4, -0.2) is 18.1 Å². The lowest BCUT2D eigenvalue weighted by Gasteiger charge is -2.17. The van der Waals surface area contributed by atoms with Gasteiger partial charge in [-0.2, -0.15) is 0 Å². The summed E-state index contributed by atoms with van der Waals surface area (Å²) in [6.45, 7) is 0. The van der Waals surface area contributed by atoms with E-state index < -0.39 is 0 Å². The molecule has 0 spiro atoms. The van der Waals surface area contributed by atoms with Gasteiger partial charge in [-0.1, -0.05) is 11.6 Å². The minimum absolute atomic E-state index is 0.150. The maximum atomic E-state index is 12.3. The molecule has 0 aliphatic carbocycles. The Morgan fingerprint density at radius 3 is 2.42 bits per heavy atom. The predicted octanol–water partition coefficient (Wildman–Crippen LogP) is 4.08. The summed E-state index contributed by atoms with van der Waals surface area (Å²) >= 11 is 9.19. The van der Waals surface area contributed by atoms with Crippen LogP contribution in [0.3, 0.4) is 0 Å². The van der Waals surface area contributed by atoms with E-state index in [0.29, 0.717) is 20.7 Å². The third-order valence-corrected chi connectivity index (χ3v) is 3.92. The molecule has 0 saturated carbocycles. The second-order valence-electron chi connectivity index (χ2n) is 4.01. The van der Waals surface area contributed by atoms with E-state index in [0.717, 1.165) is 0 Å². The Hall–Kier alpha value is -1.52. The monoisotopic (exact) mass is 339 g/mol. The molecule has 0 bridgehead atoms. The Morgan fingerprint density at radius 2 is 1.84 bits per heavy atom. The molecule has 1 amide bonds. The molecule has 0 radical (unpaired) electrons. The normalized spacial score (nSPS) is 10.3. The summed E-state index contributed by atoms with van der Waals surface area (Å²) in [5.74, 6) is 0.0156. The summed E-state index contributed by atoms with van der Waals surface area (Å²) in [5.41, 5.74) is 1.24. The Morgan fingerprint density at radius 1 is 1.21 bits per heavy atom. The zero-order valence-corrected chi connectivity index (χ0v) is 12.4. The number of aromatic hydroxyl groups is 1. The number of benzene rings is 2. The van der Waals surface area contributed by atoms with E-state index in [1.807, 2.05) is 0 Å². The van der Waals surface area contributed by atoms with Crippen molar-refractivity contribution in [2.45, 2.75) is 0 Å². The first-order valence-corrected chi connectivity index (χ1v) is 6.68. The summed E-state index contributed by atoms with van der Waals surface area (Å²) < 4.78 is 0.680. The van der Waals surface area contributed by atoms with Gasteiger partial charge < -0.3 is 10.0 Å². The van der Waals surface area contributed by atoms with Crippen molar-refractivity contribution < 1.29 is 9.90 Å². The number of phenolic OH excluding ortho intramolecular Hbond substituents is 1. The van der Waals surface area contributed by atoms with E-state index in [9.17, 15) is 9.90 Å². The first-order valence-electron chi connectivity index (χ1n) is 5.51. The van der Waals surface area contributed by atoms with Gasteiger partial charge in [-0.25, -0.2) is 0 Å². The van der Waals surface area contributed by atoms with Gasteiger partial charge in [0, 0.05) is 22.8 Å². The van der Waals surface area contributed by atoms with Crippen LogP contribution < -0.4 is 4.90 Å². The van der Waals surface area contributed by atoms with Crippen LogP contribution in [0.1, 0.15) is 10.4 Å². The smallest absolute Gasteiger partial charge is 0.258 e. The van der Waals surface area contributed by atoms with E-state index in [4.69, 9.17) is 11.6 Å². The third-order valence-electron chi connectivity index (χ3n) is 2.71. The van der Waals surface area contributed by atoms with Crippen LogP contribution in [-0.2, 0) is 0 Å². The number of amides is 1. The molecule has 98 valence electrons. The summed E-state index contributed by atoms with van der Waals surface area (Å²) in [6.07, 6.45) is 0. The molecule has 0 atom stereocenters. The molecular weight excluding hydrogens is 330 g/mol. The molecule has 0 unspecified atom stereocenters. The fourth-order valence-corrected chi connectivity index (χ4v) is 2.11. The van der Waals surface area contributed by atoms with Gasteiger partial charge in [0.2, 0.25) is 0 Å². The standard InChI is InChI=1S/C14H11BrClNO2/c1-17(10-3-5-11(18)6-4-10)14(19)9-2-7-13(16)12(15)8-9/h2-8,18H,1H3. The molecule has 5 heteroatoms. The fourth-order valence-electron chi connectivity index (χ4n) is 1.62. The van der Waals surface area contributed by atoms with Gasteiger partial charge >= 0.3 is 0 Å². The van der Waals surface area contributed by atoms with Crippen molar-refractivity contribution in [3.63, 3.8) is 0 Å². The van der Waals surface area contributed by atoms with Crippen LogP contribution in [0.25, 0.3) is 0 Å². The molecule has 2 rings (SSSR count). The number of hydrogen-bond acceptors (Lipinski definition) is 2. The Kier molecular flexibility index (Phi) is 4.12. The van der Waals surface area contributed by atoms with Gasteiger partial charge in [-0.05, 0) is 58.4 Å². The van der Waals surface area contributed by atoms with Gasteiger partial charge in [-0.15, -0.1) is 0 Å². The highest BCUT2D eigenvalue weighted by Crippen LogP contribution is 2.25. The van der Waals surface area contributed by atoms with Crippen molar-refractivity contribution in [2.75, 3.05) is 11.9 Å². The summed E-state index contributed by atoms with van der Waals surface area (Å²) in [5, 5.41) is 9.80. The van der Waals surface area contributed by atoms with Gasteiger partial charge in [0.15, 0.2) is 0 Å². The summed E-state index contributed by atoms with van der Waals surface area (Å²) in [6, 6.07) is 11.5. The van der Waals surface area contributed by atoms with Crippen LogP contribution in [0.15, 0.2) is 46.9 Å². The van der Waals surface area contributed by atoms with E-state index in [-0.39, 0.29) is 11.7 Å². The van der Waals surface area contributed by atoms with Gasteiger partial charge in [0.05, 0.1) is 5.02 Å². The molecule has 0 aromatic heterocycles. The van der Waals surface area contributed by atoms with Crippen molar-refractivity contribution in [2.24, 2.45) is 0 Å². The van der Waals surface area contributed by atoms with Crippen molar-refractivity contribution in [3.05, 3.63) is 57.5 Å². The minimum Gasteiger partial charge on any atom is -0.508 e. The number of anilines is 1. The highest BCUT2D eigenvalue weighted by molar-refractivity contribution is 9.10. The highest BCUT2D eigenvalue weighted by atomic mass is 79.9. The van der Waals surface area contributed by atoms with Crippen LogP contribution >= 0.6 is 27.5 Å². The first-order chi connectivity index (χ1) is 8.99. The molecule has 0 aliphatic heterocycles. The van der Waals surface area contributed by atoms with Gasteiger partial charge in [0.1, 0.15) is 5.75 Å². The second-order valence-corrected chi connectivity index (χ2v) is 5.27. The number of rotatable bonds is 2. The number of carbonyl (C=O) groups is 1. The zero-order chi connectivity index (χ0) is 14.0. The second kappa shape index (κ2) is 5.63. The largest absolute Gasteiger partial charge is 0.508 e. The molecule has 0 fully saturated rings. The van der Waals surface area contributed by atoms with Crippen LogP contribution in [0.4, 0.5) is 5.69 Å². The average Bonchev–Trinajstić information content (AvgIpc) is 2.41.